The number of fused-ring (bicyclic) bond motifs is 1. The van der Waals surface area contributed by atoms with Gasteiger partial charge in [0.25, 0.3) is 5.91 Å². The van der Waals surface area contributed by atoms with Crippen molar-refractivity contribution in [3.05, 3.63) is 29.3 Å². The lowest BCUT2D eigenvalue weighted by Crippen LogP contribution is -2.31. The van der Waals surface area contributed by atoms with Crippen molar-refractivity contribution < 1.29 is 9.53 Å². The van der Waals surface area contributed by atoms with Crippen molar-refractivity contribution in [3.8, 4) is 5.75 Å². The van der Waals surface area contributed by atoms with Gasteiger partial charge in [-0.2, -0.15) is 11.8 Å². The third kappa shape index (κ3) is 5.44. The highest BCUT2D eigenvalue weighted by Gasteiger charge is 2.13. The molecule has 2 aliphatic carbocycles. The van der Waals surface area contributed by atoms with Crippen molar-refractivity contribution in [2.45, 2.75) is 63.0 Å². The predicted molar refractivity (Wildman–Crippen MR) is 101 cm³/mol. The Hall–Kier alpha value is -1.16. The molecule has 0 atom stereocenters. The van der Waals surface area contributed by atoms with Gasteiger partial charge in [0.1, 0.15) is 5.75 Å². The van der Waals surface area contributed by atoms with Crippen molar-refractivity contribution >= 4 is 17.7 Å². The molecule has 3 nitrogen and oxygen atoms in total. The van der Waals surface area contributed by atoms with E-state index in [1.165, 1.54) is 62.5 Å². The van der Waals surface area contributed by atoms with Crippen LogP contribution in [0.5, 0.6) is 5.75 Å². The first kappa shape index (κ1) is 17.7. The van der Waals surface area contributed by atoms with Gasteiger partial charge in [0.05, 0.1) is 0 Å². The maximum Gasteiger partial charge on any atom is 0.257 e. The summed E-state index contributed by atoms with van der Waals surface area (Å²) in [5.74, 6) is 1.81. The van der Waals surface area contributed by atoms with Crippen molar-refractivity contribution in [1.82, 2.24) is 5.32 Å². The van der Waals surface area contributed by atoms with E-state index in [2.05, 4.69) is 17.4 Å². The van der Waals surface area contributed by atoms with E-state index in [1.54, 1.807) is 0 Å². The second kappa shape index (κ2) is 9.36. The van der Waals surface area contributed by atoms with Gasteiger partial charge in [-0.05, 0) is 61.8 Å². The van der Waals surface area contributed by atoms with Gasteiger partial charge in [-0.25, -0.2) is 0 Å². The van der Waals surface area contributed by atoms with Gasteiger partial charge >= 0.3 is 0 Å². The number of carbonyl (C=O) groups is 1. The summed E-state index contributed by atoms with van der Waals surface area (Å²) in [5, 5.41) is 3.78. The van der Waals surface area contributed by atoms with E-state index >= 15 is 0 Å². The molecule has 0 unspecified atom stereocenters. The lowest BCUT2D eigenvalue weighted by atomic mass is 9.92. The summed E-state index contributed by atoms with van der Waals surface area (Å²) in [5.41, 5.74) is 2.83. The molecule has 0 heterocycles. The maximum absolute atomic E-state index is 11.9. The van der Waals surface area contributed by atoms with Crippen LogP contribution in [0.4, 0.5) is 0 Å². The lowest BCUT2D eigenvalue weighted by Gasteiger charge is -2.20. The number of nitrogens with one attached hydrogen (secondary N) is 1. The SMILES string of the molecule is O=C(COc1ccc2c(c1)CCCC2)NCCSC1CCCCC1. The second-order valence-corrected chi connectivity index (χ2v) is 8.32. The minimum absolute atomic E-state index is 0.0167. The van der Waals surface area contributed by atoms with E-state index in [1.807, 2.05) is 17.8 Å². The standard InChI is InChI=1S/C20H29NO2S/c22-20(21-12-13-24-19-8-2-1-3-9-19)15-23-18-11-10-16-6-4-5-7-17(16)14-18/h10-11,14,19H,1-9,12-13,15H2,(H,21,22). The number of benzene rings is 1. The fourth-order valence-corrected chi connectivity index (χ4v) is 4.87. The highest BCUT2D eigenvalue weighted by molar-refractivity contribution is 7.99. The number of carbonyl (C=O) groups excluding carboxylic acids is 1. The van der Waals surface area contributed by atoms with Crippen LogP contribution in [0.2, 0.25) is 0 Å². The number of rotatable bonds is 7. The first-order valence-electron chi connectivity index (χ1n) is 9.44. The van der Waals surface area contributed by atoms with Gasteiger partial charge < -0.3 is 10.1 Å². The van der Waals surface area contributed by atoms with E-state index in [0.29, 0.717) is 0 Å². The van der Waals surface area contributed by atoms with Crippen molar-refractivity contribution in [3.63, 3.8) is 0 Å². The van der Waals surface area contributed by atoms with E-state index in [-0.39, 0.29) is 12.5 Å². The van der Waals surface area contributed by atoms with E-state index in [0.717, 1.165) is 29.7 Å². The fourth-order valence-electron chi connectivity index (χ4n) is 3.65. The smallest absolute Gasteiger partial charge is 0.257 e. The van der Waals surface area contributed by atoms with Crippen LogP contribution < -0.4 is 10.1 Å². The Kier molecular flexibility index (Phi) is 6.88. The quantitative estimate of drug-likeness (QED) is 0.754. The monoisotopic (exact) mass is 347 g/mol. The molecule has 132 valence electrons. The fraction of sp³-hybridized carbons (Fsp3) is 0.650. The summed E-state index contributed by atoms with van der Waals surface area (Å²) in [6, 6.07) is 6.26. The highest BCUT2D eigenvalue weighted by Crippen LogP contribution is 2.28. The molecule has 2 aliphatic rings. The topological polar surface area (TPSA) is 38.3 Å². The molecule has 1 amide bonds. The number of amides is 1. The predicted octanol–water partition coefficient (Wildman–Crippen LogP) is 4.13. The zero-order chi connectivity index (χ0) is 16.6. The first-order chi connectivity index (χ1) is 11.8. The van der Waals surface area contributed by atoms with Gasteiger partial charge in [-0.15, -0.1) is 0 Å². The van der Waals surface area contributed by atoms with Crippen molar-refractivity contribution in [2.75, 3.05) is 18.9 Å². The van der Waals surface area contributed by atoms with Crippen molar-refractivity contribution in [2.24, 2.45) is 0 Å². The number of ether oxygens (including phenoxy) is 1. The molecular weight excluding hydrogens is 318 g/mol. The molecule has 0 saturated heterocycles. The molecule has 1 aromatic carbocycles. The second-order valence-electron chi connectivity index (χ2n) is 6.91. The average molecular weight is 348 g/mol. The zero-order valence-corrected chi connectivity index (χ0v) is 15.3. The van der Waals surface area contributed by atoms with Gasteiger partial charge in [0.15, 0.2) is 6.61 Å². The summed E-state index contributed by atoms with van der Waals surface area (Å²) < 4.78 is 5.66. The molecule has 0 aromatic heterocycles. The Labute approximate surface area is 149 Å². The Bertz CT molecular complexity index is 540. The van der Waals surface area contributed by atoms with E-state index in [9.17, 15) is 4.79 Å². The normalized spacial score (nSPS) is 18.0. The van der Waals surface area contributed by atoms with Gasteiger partial charge in [0.2, 0.25) is 0 Å². The number of thioether (sulfide) groups is 1. The van der Waals surface area contributed by atoms with Gasteiger partial charge in [-0.1, -0.05) is 25.3 Å². The molecule has 3 rings (SSSR count). The van der Waals surface area contributed by atoms with Crippen LogP contribution in [-0.4, -0.2) is 30.1 Å². The third-order valence-electron chi connectivity index (χ3n) is 5.02. The average Bonchev–Trinajstić information content (AvgIpc) is 2.64. The van der Waals surface area contributed by atoms with Crippen LogP contribution in [0.1, 0.15) is 56.1 Å². The lowest BCUT2D eigenvalue weighted by molar-refractivity contribution is -0.122. The number of hydrogen-bond acceptors (Lipinski definition) is 3. The Morgan fingerprint density at radius 3 is 2.71 bits per heavy atom. The van der Waals surface area contributed by atoms with Gasteiger partial charge in [0, 0.05) is 17.5 Å². The summed E-state index contributed by atoms with van der Waals surface area (Å²) in [7, 11) is 0. The van der Waals surface area contributed by atoms with Gasteiger partial charge in [-0.3, -0.25) is 4.79 Å². The van der Waals surface area contributed by atoms with Crippen LogP contribution in [0.3, 0.4) is 0 Å². The van der Waals surface area contributed by atoms with E-state index in [4.69, 9.17) is 4.74 Å². The molecule has 4 heteroatoms. The Balaban J connectivity index is 1.32. The molecule has 0 bridgehead atoms. The summed E-state index contributed by atoms with van der Waals surface area (Å²) in [4.78, 5) is 11.9. The Morgan fingerprint density at radius 2 is 1.88 bits per heavy atom. The molecule has 24 heavy (non-hydrogen) atoms. The molecule has 0 spiro atoms. The summed E-state index contributed by atoms with van der Waals surface area (Å²) >= 11 is 2.01. The zero-order valence-electron chi connectivity index (χ0n) is 14.5. The minimum Gasteiger partial charge on any atom is -0.484 e. The number of hydrogen-bond donors (Lipinski definition) is 1. The largest absolute Gasteiger partial charge is 0.484 e. The molecule has 0 aliphatic heterocycles. The highest BCUT2D eigenvalue weighted by atomic mass is 32.2. The first-order valence-corrected chi connectivity index (χ1v) is 10.5. The summed E-state index contributed by atoms with van der Waals surface area (Å²) in [6.07, 6.45) is 11.7. The molecule has 1 aromatic rings. The van der Waals surface area contributed by atoms with Crippen LogP contribution in [0.25, 0.3) is 0 Å². The minimum atomic E-state index is -0.0167. The maximum atomic E-state index is 11.9. The molecule has 0 radical (unpaired) electrons. The molecule has 1 fully saturated rings. The van der Waals surface area contributed by atoms with Crippen molar-refractivity contribution in [1.29, 1.82) is 0 Å². The number of aryl methyl sites for hydroxylation is 2. The molecular formula is C20H29NO2S. The molecule has 1 N–H and O–H groups in total. The van der Waals surface area contributed by atoms with E-state index < -0.39 is 0 Å². The van der Waals surface area contributed by atoms with Crippen LogP contribution in [0, 0.1) is 0 Å². The third-order valence-corrected chi connectivity index (χ3v) is 6.40. The molecule has 1 saturated carbocycles. The Morgan fingerprint density at radius 1 is 1.08 bits per heavy atom. The van der Waals surface area contributed by atoms with Crippen LogP contribution in [-0.2, 0) is 17.6 Å². The van der Waals surface area contributed by atoms with Crippen LogP contribution >= 0.6 is 11.8 Å². The summed E-state index contributed by atoms with van der Waals surface area (Å²) in [6.45, 7) is 0.862. The van der Waals surface area contributed by atoms with Crippen LogP contribution in [0.15, 0.2) is 18.2 Å².